The normalized spacial score (nSPS) is 17.4. The zero-order valence-corrected chi connectivity index (χ0v) is 15.0. The van der Waals surface area contributed by atoms with Gasteiger partial charge in [0.2, 0.25) is 10.0 Å². The van der Waals surface area contributed by atoms with Gasteiger partial charge in [-0.05, 0) is 50.9 Å². The monoisotopic (exact) mass is 361 g/mol. The van der Waals surface area contributed by atoms with Gasteiger partial charge in [0, 0.05) is 6.54 Å². The summed E-state index contributed by atoms with van der Waals surface area (Å²) in [7, 11) is -3.42. The summed E-state index contributed by atoms with van der Waals surface area (Å²) in [6.07, 6.45) is 3.14. The fourth-order valence-corrected chi connectivity index (χ4v) is 3.16. The molecule has 1 aromatic carbocycles. The Bertz CT molecular complexity index is 643. The largest absolute Gasteiger partial charge is 0.352 e. The van der Waals surface area contributed by atoms with Crippen molar-refractivity contribution in [1.82, 2.24) is 10.6 Å². The molecule has 6 nitrogen and oxygen atoms in total. The molecule has 1 unspecified atom stereocenters. The Morgan fingerprint density at radius 1 is 1.39 bits per heavy atom. The fraction of sp³-hybridized carbons (Fsp3) is 0.533. The molecule has 1 saturated heterocycles. The molecule has 0 aliphatic carbocycles. The number of aryl methyl sites for hydroxylation is 1. The molecule has 0 bridgehead atoms. The van der Waals surface area contributed by atoms with Crippen molar-refractivity contribution in [1.29, 1.82) is 0 Å². The van der Waals surface area contributed by atoms with Gasteiger partial charge in [-0.3, -0.25) is 9.52 Å². The zero-order chi connectivity index (χ0) is 16.2. The molecule has 1 aliphatic rings. The van der Waals surface area contributed by atoms with Crippen LogP contribution in [0, 0.1) is 12.8 Å². The Morgan fingerprint density at radius 2 is 2.13 bits per heavy atom. The molecule has 3 N–H and O–H groups in total. The average Bonchev–Trinajstić information content (AvgIpc) is 2.92. The number of anilines is 1. The van der Waals surface area contributed by atoms with E-state index in [1.807, 2.05) is 6.92 Å². The first-order chi connectivity index (χ1) is 10.3. The van der Waals surface area contributed by atoms with E-state index in [0.29, 0.717) is 23.7 Å². The van der Waals surface area contributed by atoms with E-state index in [1.54, 1.807) is 18.2 Å². The van der Waals surface area contributed by atoms with E-state index in [0.717, 1.165) is 37.8 Å². The van der Waals surface area contributed by atoms with Gasteiger partial charge in [-0.25, -0.2) is 8.42 Å². The minimum atomic E-state index is -3.42. The van der Waals surface area contributed by atoms with Crippen molar-refractivity contribution in [3.63, 3.8) is 0 Å². The number of nitrogens with one attached hydrogen (secondary N) is 3. The maximum Gasteiger partial charge on any atom is 0.253 e. The first kappa shape index (κ1) is 19.7. The summed E-state index contributed by atoms with van der Waals surface area (Å²) < 4.78 is 25.2. The van der Waals surface area contributed by atoms with Crippen LogP contribution >= 0.6 is 12.4 Å². The molecule has 0 spiro atoms. The highest BCUT2D eigenvalue weighted by Gasteiger charge is 2.17. The van der Waals surface area contributed by atoms with Crippen LogP contribution in [0.15, 0.2) is 18.2 Å². The Balaban J connectivity index is 0.00000264. The van der Waals surface area contributed by atoms with E-state index in [2.05, 4.69) is 15.4 Å². The number of benzene rings is 1. The second-order valence-corrected chi connectivity index (χ2v) is 7.58. The van der Waals surface area contributed by atoms with Crippen molar-refractivity contribution in [3.05, 3.63) is 29.3 Å². The van der Waals surface area contributed by atoms with Gasteiger partial charge < -0.3 is 10.6 Å². The van der Waals surface area contributed by atoms with Crippen LogP contribution in [-0.4, -0.2) is 40.2 Å². The molecule has 0 saturated carbocycles. The standard InChI is InChI=1S/C15H23N3O3S.ClH/c1-11-3-4-14(18-22(2,20)21)13(9-11)15(19)17-8-6-12-5-7-16-10-12;/h3-4,9,12,16,18H,5-8,10H2,1-2H3,(H,17,19);1H. The number of carbonyl (C=O) groups excluding carboxylic acids is 1. The molecule has 1 fully saturated rings. The van der Waals surface area contributed by atoms with Gasteiger partial charge in [-0.2, -0.15) is 0 Å². The summed E-state index contributed by atoms with van der Waals surface area (Å²) in [6, 6.07) is 5.08. The number of hydrogen-bond donors (Lipinski definition) is 3. The first-order valence-corrected chi connectivity index (χ1v) is 9.31. The second-order valence-electron chi connectivity index (χ2n) is 5.83. The van der Waals surface area contributed by atoms with Crippen LogP contribution in [0.4, 0.5) is 5.69 Å². The van der Waals surface area contributed by atoms with E-state index >= 15 is 0 Å². The first-order valence-electron chi connectivity index (χ1n) is 7.42. The number of carbonyl (C=O) groups is 1. The number of hydrogen-bond acceptors (Lipinski definition) is 4. The maximum atomic E-state index is 12.3. The Morgan fingerprint density at radius 3 is 2.74 bits per heavy atom. The van der Waals surface area contributed by atoms with Crippen molar-refractivity contribution >= 4 is 34.0 Å². The lowest BCUT2D eigenvalue weighted by molar-refractivity contribution is 0.0952. The molecule has 23 heavy (non-hydrogen) atoms. The molecule has 2 rings (SSSR count). The average molecular weight is 362 g/mol. The van der Waals surface area contributed by atoms with E-state index in [1.165, 1.54) is 0 Å². The third kappa shape index (κ3) is 6.37. The maximum absolute atomic E-state index is 12.3. The van der Waals surface area contributed by atoms with Crippen molar-refractivity contribution in [2.24, 2.45) is 5.92 Å². The van der Waals surface area contributed by atoms with Crippen molar-refractivity contribution in [2.75, 3.05) is 30.6 Å². The summed E-state index contributed by atoms with van der Waals surface area (Å²) >= 11 is 0. The number of rotatable bonds is 6. The highest BCUT2D eigenvalue weighted by atomic mass is 35.5. The quantitative estimate of drug-likeness (QED) is 0.716. The summed E-state index contributed by atoms with van der Waals surface area (Å²) in [5, 5.41) is 6.17. The van der Waals surface area contributed by atoms with Gasteiger partial charge in [0.1, 0.15) is 0 Å². The Labute approximate surface area is 143 Å². The minimum Gasteiger partial charge on any atom is -0.352 e. The minimum absolute atomic E-state index is 0. The highest BCUT2D eigenvalue weighted by Crippen LogP contribution is 2.19. The van der Waals surface area contributed by atoms with E-state index in [4.69, 9.17) is 0 Å². The molecule has 130 valence electrons. The Hall–Kier alpha value is -1.31. The predicted molar refractivity (Wildman–Crippen MR) is 94.8 cm³/mol. The molecule has 0 radical (unpaired) electrons. The van der Waals surface area contributed by atoms with Crippen molar-refractivity contribution < 1.29 is 13.2 Å². The summed E-state index contributed by atoms with van der Waals surface area (Å²) in [4.78, 5) is 12.3. The molecule has 0 aromatic heterocycles. The Kier molecular flexibility index (Phi) is 7.31. The van der Waals surface area contributed by atoms with E-state index < -0.39 is 10.0 Å². The number of halogens is 1. The summed E-state index contributed by atoms with van der Waals surface area (Å²) in [6.45, 7) is 4.50. The molecular weight excluding hydrogens is 338 g/mol. The topological polar surface area (TPSA) is 87.3 Å². The van der Waals surface area contributed by atoms with Gasteiger partial charge in [-0.15, -0.1) is 12.4 Å². The molecule has 1 atom stereocenters. The van der Waals surface area contributed by atoms with Crippen LogP contribution in [0.5, 0.6) is 0 Å². The molecule has 1 amide bonds. The molecule has 1 aliphatic heterocycles. The smallest absolute Gasteiger partial charge is 0.253 e. The van der Waals surface area contributed by atoms with E-state index in [-0.39, 0.29) is 18.3 Å². The lowest BCUT2D eigenvalue weighted by Gasteiger charge is -2.13. The third-order valence-electron chi connectivity index (χ3n) is 3.72. The van der Waals surface area contributed by atoms with Gasteiger partial charge in [-0.1, -0.05) is 11.6 Å². The van der Waals surface area contributed by atoms with Crippen LogP contribution < -0.4 is 15.4 Å². The van der Waals surface area contributed by atoms with Gasteiger partial charge in [0.05, 0.1) is 17.5 Å². The SMILES string of the molecule is Cc1ccc(NS(C)(=O)=O)c(C(=O)NCCC2CCNC2)c1.Cl. The van der Waals surface area contributed by atoms with Crippen LogP contribution in [-0.2, 0) is 10.0 Å². The third-order valence-corrected chi connectivity index (χ3v) is 4.31. The molecule has 1 aromatic rings. The number of sulfonamides is 1. The van der Waals surface area contributed by atoms with Crippen LogP contribution in [0.25, 0.3) is 0 Å². The molecular formula is C15H24ClN3O3S. The fourth-order valence-electron chi connectivity index (χ4n) is 2.58. The second kappa shape index (κ2) is 8.52. The van der Waals surface area contributed by atoms with Crippen LogP contribution in [0.2, 0.25) is 0 Å². The van der Waals surface area contributed by atoms with Gasteiger partial charge in [0.25, 0.3) is 5.91 Å². The van der Waals surface area contributed by atoms with E-state index in [9.17, 15) is 13.2 Å². The summed E-state index contributed by atoms with van der Waals surface area (Å²) in [5.41, 5.74) is 1.58. The van der Waals surface area contributed by atoms with Gasteiger partial charge in [0.15, 0.2) is 0 Å². The molecule has 8 heteroatoms. The van der Waals surface area contributed by atoms with Crippen molar-refractivity contribution in [3.8, 4) is 0 Å². The van der Waals surface area contributed by atoms with Crippen molar-refractivity contribution in [2.45, 2.75) is 19.8 Å². The van der Waals surface area contributed by atoms with Crippen LogP contribution in [0.3, 0.4) is 0 Å². The molecule has 1 heterocycles. The van der Waals surface area contributed by atoms with Crippen LogP contribution in [0.1, 0.15) is 28.8 Å². The zero-order valence-electron chi connectivity index (χ0n) is 13.4. The summed E-state index contributed by atoms with van der Waals surface area (Å²) in [5.74, 6) is 0.354. The highest BCUT2D eigenvalue weighted by molar-refractivity contribution is 7.92. The lowest BCUT2D eigenvalue weighted by Crippen LogP contribution is -2.27. The predicted octanol–water partition coefficient (Wildman–Crippen LogP) is 1.52. The number of amides is 1. The van der Waals surface area contributed by atoms with Gasteiger partial charge >= 0.3 is 0 Å². The lowest BCUT2D eigenvalue weighted by atomic mass is 10.0.